The molecule has 0 N–H and O–H groups in total. The molecule has 1 aliphatic heterocycles. The maximum absolute atomic E-state index is 10.7. The summed E-state index contributed by atoms with van der Waals surface area (Å²) in [6.07, 6.45) is 7.16. The summed E-state index contributed by atoms with van der Waals surface area (Å²) < 4.78 is 60.5. The van der Waals surface area contributed by atoms with Crippen molar-refractivity contribution >= 4 is 7.81 Å². The molecule has 1 fully saturated rings. The van der Waals surface area contributed by atoms with E-state index in [0.29, 0.717) is 0 Å². The van der Waals surface area contributed by atoms with Crippen molar-refractivity contribution in [2.45, 2.75) is 39.0 Å². The van der Waals surface area contributed by atoms with Crippen molar-refractivity contribution in [3.8, 4) is 0 Å². The molecule has 1 saturated heterocycles. The normalized spacial score (nSPS) is 23.3. The van der Waals surface area contributed by atoms with Gasteiger partial charge < -0.3 is 4.48 Å². The molecule has 0 unspecified atom stereocenters. The quantitative estimate of drug-likeness (QED) is 0.351. The summed E-state index contributed by atoms with van der Waals surface area (Å²) in [6.45, 7) is 6.56. The van der Waals surface area contributed by atoms with Crippen LogP contribution in [0.1, 0.15) is 39.0 Å². The van der Waals surface area contributed by atoms with Crippen molar-refractivity contribution in [3.63, 3.8) is 0 Å². The molecule has 1 aliphatic rings. The Morgan fingerprint density at radius 1 is 0.889 bits per heavy atom. The van der Waals surface area contributed by atoms with Crippen LogP contribution in [0.2, 0.25) is 0 Å². The van der Waals surface area contributed by atoms with E-state index in [1.807, 2.05) is 0 Å². The van der Waals surface area contributed by atoms with Gasteiger partial charge >= 0.3 is 33.0 Å². The van der Waals surface area contributed by atoms with Crippen molar-refractivity contribution in [1.82, 2.24) is 0 Å². The average molecular weight is 301 g/mol. The summed E-state index contributed by atoms with van der Waals surface area (Å²) in [7, 11) is -8.23. The summed E-state index contributed by atoms with van der Waals surface area (Å²) in [5.74, 6) is 0. The number of hydrogen-bond acceptors (Lipinski definition) is 0. The molecule has 0 aromatic heterocycles. The minimum atomic E-state index is -10.7. The van der Waals surface area contributed by atoms with Crippen molar-refractivity contribution in [2.24, 2.45) is 0 Å². The van der Waals surface area contributed by atoms with Crippen LogP contribution in [0, 0.1) is 0 Å². The Hall–Kier alpha value is -0.0300. The Morgan fingerprint density at radius 3 is 1.61 bits per heavy atom. The van der Waals surface area contributed by atoms with E-state index < -0.39 is 7.81 Å². The van der Waals surface area contributed by atoms with Crippen LogP contribution in [0.3, 0.4) is 0 Å². The van der Waals surface area contributed by atoms with E-state index in [0.717, 1.165) is 0 Å². The average Bonchev–Trinajstić information content (AvgIpc) is 2.11. The van der Waals surface area contributed by atoms with Crippen LogP contribution in [-0.2, 0) is 0 Å². The molecule has 0 atom stereocenters. The Kier molecular flexibility index (Phi) is 5.15. The number of piperidine rings is 1. The first-order valence-electron chi connectivity index (χ1n) is 6.12. The fourth-order valence-corrected chi connectivity index (χ4v) is 2.04. The number of likely N-dealkylation sites (tertiary alicyclic amines) is 1. The topological polar surface area (TPSA) is 0 Å². The molecule has 0 aromatic rings. The monoisotopic (exact) mass is 301 g/mol. The Labute approximate surface area is 104 Å². The van der Waals surface area contributed by atoms with E-state index in [1.54, 1.807) is 0 Å². The summed E-state index contributed by atoms with van der Waals surface area (Å²) in [4.78, 5) is 0. The van der Waals surface area contributed by atoms with E-state index in [1.165, 1.54) is 56.2 Å². The van der Waals surface area contributed by atoms with E-state index >= 15 is 0 Å². The van der Waals surface area contributed by atoms with Crippen molar-refractivity contribution < 1.29 is 29.7 Å². The van der Waals surface area contributed by atoms with Crippen molar-refractivity contribution in [3.05, 3.63) is 0 Å². The number of halogens is 6. The molecule has 8 heteroatoms. The minimum absolute atomic E-state index is 1.36. The number of nitrogens with zero attached hydrogens (tertiary/aromatic N) is 1. The SMILES string of the molecule is CCCC[N+]1(C)CCCCC1.F[P-](F)(F)(F)(F)F. The zero-order valence-corrected chi connectivity index (χ0v) is 11.7. The second kappa shape index (κ2) is 5.16. The van der Waals surface area contributed by atoms with E-state index in [4.69, 9.17) is 0 Å². The first-order valence-corrected chi connectivity index (χ1v) is 8.15. The molecule has 0 aromatic carbocycles. The molecular formula is C10H22F6NP. The zero-order valence-electron chi connectivity index (χ0n) is 10.8. The van der Waals surface area contributed by atoms with Gasteiger partial charge in [-0.25, -0.2) is 0 Å². The molecule has 1 nitrogen and oxygen atoms in total. The zero-order chi connectivity index (χ0) is 14.6. The summed E-state index contributed by atoms with van der Waals surface area (Å²) in [5.41, 5.74) is 0. The molecular weight excluding hydrogens is 279 g/mol. The van der Waals surface area contributed by atoms with Crippen LogP contribution >= 0.6 is 7.81 Å². The fraction of sp³-hybridized carbons (Fsp3) is 1.00. The van der Waals surface area contributed by atoms with Crippen LogP contribution in [-0.4, -0.2) is 31.2 Å². The molecule has 0 bridgehead atoms. The molecule has 1 rings (SSSR count). The second-order valence-corrected chi connectivity index (χ2v) is 7.08. The van der Waals surface area contributed by atoms with Crippen molar-refractivity contribution in [2.75, 3.05) is 26.7 Å². The Morgan fingerprint density at radius 2 is 1.28 bits per heavy atom. The molecule has 18 heavy (non-hydrogen) atoms. The van der Waals surface area contributed by atoms with E-state index in [-0.39, 0.29) is 0 Å². The third kappa shape index (κ3) is 16.0. The molecule has 1 heterocycles. The molecule has 0 amide bonds. The van der Waals surface area contributed by atoms with Crippen molar-refractivity contribution in [1.29, 1.82) is 0 Å². The van der Waals surface area contributed by atoms with Crippen LogP contribution in [0.5, 0.6) is 0 Å². The molecule has 114 valence electrons. The van der Waals surface area contributed by atoms with E-state index in [9.17, 15) is 25.2 Å². The fourth-order valence-electron chi connectivity index (χ4n) is 2.04. The first kappa shape index (κ1) is 18.0. The summed E-state index contributed by atoms with van der Waals surface area (Å²) in [6, 6.07) is 0. The molecule has 0 aliphatic carbocycles. The standard InChI is InChI=1S/C10H22N.F6P/c1-3-4-8-11(2)9-6-5-7-10-11;1-7(2,3,4,5)6/h3-10H2,1-2H3;/q+1;-1. The third-order valence-electron chi connectivity index (χ3n) is 2.95. The molecule has 0 spiro atoms. The Balaban J connectivity index is 0.000000360. The van der Waals surface area contributed by atoms with Gasteiger partial charge in [0.2, 0.25) is 0 Å². The van der Waals surface area contributed by atoms with Gasteiger partial charge in [0.1, 0.15) is 0 Å². The number of quaternary nitrogens is 1. The van der Waals surface area contributed by atoms with Gasteiger partial charge in [-0.3, -0.25) is 0 Å². The van der Waals surface area contributed by atoms with Gasteiger partial charge in [0.05, 0.1) is 26.7 Å². The third-order valence-corrected chi connectivity index (χ3v) is 2.95. The number of hydrogen-bond donors (Lipinski definition) is 0. The van der Waals surface area contributed by atoms with Gasteiger partial charge in [-0.1, -0.05) is 13.3 Å². The summed E-state index contributed by atoms with van der Waals surface area (Å²) >= 11 is 0. The van der Waals surface area contributed by atoms with Gasteiger partial charge in [0.25, 0.3) is 0 Å². The Bertz CT molecular complexity index is 241. The van der Waals surface area contributed by atoms with Crippen LogP contribution < -0.4 is 0 Å². The van der Waals surface area contributed by atoms with Crippen LogP contribution in [0.4, 0.5) is 25.2 Å². The van der Waals surface area contributed by atoms with Crippen LogP contribution in [0.15, 0.2) is 0 Å². The maximum atomic E-state index is 9.87. The predicted molar refractivity (Wildman–Crippen MR) is 63.1 cm³/mol. The second-order valence-electron chi connectivity index (χ2n) is 5.16. The first-order chi connectivity index (χ1) is 7.72. The summed E-state index contributed by atoms with van der Waals surface area (Å²) in [5, 5.41) is 0. The number of unbranched alkanes of at least 4 members (excludes halogenated alkanes) is 1. The number of rotatable bonds is 3. The van der Waals surface area contributed by atoms with Gasteiger partial charge in [0.15, 0.2) is 0 Å². The van der Waals surface area contributed by atoms with Gasteiger partial charge in [0, 0.05) is 0 Å². The molecule has 0 saturated carbocycles. The van der Waals surface area contributed by atoms with Gasteiger partial charge in [-0.05, 0) is 25.7 Å². The molecule has 0 radical (unpaired) electrons. The van der Waals surface area contributed by atoms with Gasteiger partial charge in [-0.2, -0.15) is 0 Å². The van der Waals surface area contributed by atoms with Crippen LogP contribution in [0.25, 0.3) is 0 Å². The van der Waals surface area contributed by atoms with E-state index in [2.05, 4.69) is 14.0 Å². The van der Waals surface area contributed by atoms with Gasteiger partial charge in [-0.15, -0.1) is 0 Å². The predicted octanol–water partition coefficient (Wildman–Crippen LogP) is 5.80.